The first-order chi connectivity index (χ1) is 8.27. The summed E-state index contributed by atoms with van der Waals surface area (Å²) in [6.45, 7) is 3.53. The Morgan fingerprint density at radius 1 is 1.33 bits per heavy atom. The molecule has 0 bridgehead atoms. The van der Waals surface area contributed by atoms with Gasteiger partial charge in [0.15, 0.2) is 5.41 Å². The van der Waals surface area contributed by atoms with Crippen molar-refractivity contribution in [3.8, 4) is 0 Å². The maximum Gasteiger partial charge on any atom is 0.323 e. The van der Waals surface area contributed by atoms with Gasteiger partial charge in [-0.1, -0.05) is 6.08 Å². The highest BCUT2D eigenvalue weighted by Crippen LogP contribution is 2.25. The van der Waals surface area contributed by atoms with Crippen LogP contribution in [0.15, 0.2) is 12.7 Å². The van der Waals surface area contributed by atoms with Gasteiger partial charge in [-0.2, -0.15) is 0 Å². The normalized spacial score (nSPS) is 14.4. The third-order valence-electron chi connectivity index (χ3n) is 1.70. The van der Waals surface area contributed by atoms with E-state index in [0.29, 0.717) is 0 Å². The average molecular weight is 217 g/mol. The van der Waals surface area contributed by atoms with Gasteiger partial charge in [0.25, 0.3) is 0 Å². The van der Waals surface area contributed by atoms with Crippen LogP contribution in [0.5, 0.6) is 0 Å². The molecule has 86 valence electrons. The Balaban J connectivity index is 5.64. The minimum absolute atomic E-state index is 0.0206. The Labute approximate surface area is 94.5 Å². The summed E-state index contributed by atoms with van der Waals surface area (Å²) >= 11 is 0. The van der Waals surface area contributed by atoms with Crippen molar-refractivity contribution in [1.29, 1.82) is 0 Å². The molecule has 0 aromatic heterocycles. The molecule has 0 aromatic rings. The van der Waals surface area contributed by atoms with E-state index in [2.05, 4.69) is 6.58 Å². The van der Waals surface area contributed by atoms with E-state index in [0.717, 1.165) is 0 Å². The van der Waals surface area contributed by atoms with Gasteiger partial charge in [-0.25, -0.2) is 0 Å². The monoisotopic (exact) mass is 217 g/mol. The minimum Gasteiger partial charge on any atom is -0.465 e. The van der Waals surface area contributed by atoms with Gasteiger partial charge in [-0.05, 0) is 27.1 Å². The largest absolute Gasteiger partial charge is 0.465 e. The van der Waals surface area contributed by atoms with Crippen LogP contribution in [0.2, 0.25) is 0 Å². The Bertz CT molecular complexity index is 305. The third kappa shape index (κ3) is 3.38. The molecule has 0 heterocycles. The highest BCUT2D eigenvalue weighted by atomic mass is 16.6. The number of allylic oxidation sites excluding steroid dienone is 1. The molecular formula is C11H18O4. The van der Waals surface area contributed by atoms with Gasteiger partial charge in [0, 0.05) is 4.11 Å². The molecule has 0 saturated carbocycles. The highest BCUT2D eigenvalue weighted by Gasteiger charge is 2.42. The summed E-state index contributed by atoms with van der Waals surface area (Å²) in [6, 6.07) is 0. The fourth-order valence-electron chi connectivity index (χ4n) is 0.975. The summed E-state index contributed by atoms with van der Waals surface area (Å²) in [6.07, 6.45) is 0.835. The van der Waals surface area contributed by atoms with Crippen molar-refractivity contribution in [2.75, 3.05) is 13.2 Å². The van der Waals surface area contributed by atoms with Gasteiger partial charge in [0.2, 0.25) is 0 Å². The highest BCUT2D eigenvalue weighted by molar-refractivity contribution is 5.99. The van der Waals surface area contributed by atoms with E-state index >= 15 is 0 Å². The van der Waals surface area contributed by atoms with E-state index in [-0.39, 0.29) is 19.6 Å². The summed E-state index contributed by atoms with van der Waals surface area (Å²) < 4.78 is 31.7. The maximum atomic E-state index is 11.9. The maximum absolute atomic E-state index is 11.9. The predicted molar refractivity (Wildman–Crippen MR) is 56.2 cm³/mol. The zero-order valence-corrected chi connectivity index (χ0v) is 9.04. The zero-order chi connectivity index (χ0) is 14.4. The summed E-state index contributed by atoms with van der Waals surface area (Å²) in [7, 11) is 0. The number of ether oxygens (including phenoxy) is 2. The molecule has 0 N–H and O–H groups in total. The predicted octanol–water partition coefficient (Wildman–Crippen LogP) is 1.70. The van der Waals surface area contributed by atoms with E-state index in [9.17, 15) is 9.59 Å². The lowest BCUT2D eigenvalue weighted by Gasteiger charge is -2.23. The number of hydrogen-bond donors (Lipinski definition) is 0. The van der Waals surface area contributed by atoms with Gasteiger partial charge in [-0.15, -0.1) is 6.58 Å². The molecule has 0 rings (SSSR count). The van der Waals surface area contributed by atoms with E-state index in [1.54, 1.807) is 0 Å². The van der Waals surface area contributed by atoms with Crippen molar-refractivity contribution in [1.82, 2.24) is 0 Å². The Hall–Kier alpha value is -1.32. The molecule has 0 amide bonds. The quantitative estimate of drug-likeness (QED) is 0.386. The number of carbonyl (C=O) groups is 2. The van der Waals surface area contributed by atoms with Crippen LogP contribution in [-0.4, -0.2) is 25.2 Å². The lowest BCUT2D eigenvalue weighted by atomic mass is 9.87. The van der Waals surface area contributed by atoms with Gasteiger partial charge in [0.05, 0.1) is 13.2 Å². The average Bonchev–Trinajstić information content (AvgIpc) is 2.24. The first kappa shape index (κ1) is 8.95. The standard InChI is InChI=1S/C11H18O4/c1-5-8-11(4,9(12)14-6-2)10(13)15-7-3/h5H,1,6-8H2,2-4H3/i4D3. The van der Waals surface area contributed by atoms with Crippen LogP contribution < -0.4 is 0 Å². The number of rotatable bonds is 6. The SMILES string of the molecule is [2H]C([2H])([2H])C(CC=C)(C(=O)OCC)C(=O)OCC. The summed E-state index contributed by atoms with van der Waals surface area (Å²) in [4.78, 5) is 23.8. The molecule has 0 aliphatic heterocycles. The molecule has 0 spiro atoms. The Morgan fingerprint density at radius 2 is 1.80 bits per heavy atom. The second kappa shape index (κ2) is 6.22. The smallest absolute Gasteiger partial charge is 0.323 e. The third-order valence-corrected chi connectivity index (χ3v) is 1.70. The van der Waals surface area contributed by atoms with Gasteiger partial charge < -0.3 is 9.47 Å². The van der Waals surface area contributed by atoms with Crippen molar-refractivity contribution >= 4 is 11.9 Å². The van der Waals surface area contributed by atoms with Crippen LogP contribution in [0, 0.1) is 5.41 Å². The van der Waals surface area contributed by atoms with Crippen LogP contribution in [0.3, 0.4) is 0 Å². The van der Waals surface area contributed by atoms with Crippen molar-refractivity contribution in [2.24, 2.45) is 5.41 Å². The molecular weight excluding hydrogens is 196 g/mol. The van der Waals surface area contributed by atoms with E-state index < -0.39 is 24.2 Å². The molecule has 0 unspecified atom stereocenters. The van der Waals surface area contributed by atoms with E-state index in [1.807, 2.05) is 0 Å². The van der Waals surface area contributed by atoms with Crippen molar-refractivity contribution < 1.29 is 23.2 Å². The van der Waals surface area contributed by atoms with Gasteiger partial charge >= 0.3 is 11.9 Å². The molecule has 0 fully saturated rings. The first-order valence-corrected chi connectivity index (χ1v) is 4.73. The fourth-order valence-corrected chi connectivity index (χ4v) is 0.975. The van der Waals surface area contributed by atoms with Crippen molar-refractivity contribution in [3.05, 3.63) is 12.7 Å². The molecule has 0 aliphatic rings. The second-order valence-electron chi connectivity index (χ2n) is 2.84. The molecule has 0 aromatic carbocycles. The lowest BCUT2D eigenvalue weighted by Crippen LogP contribution is -2.39. The summed E-state index contributed by atoms with van der Waals surface area (Å²) in [5.41, 5.74) is -2.33. The molecule has 0 aliphatic carbocycles. The zero-order valence-electron chi connectivity index (χ0n) is 12.0. The molecule has 0 saturated heterocycles. The molecule has 0 radical (unpaired) electrons. The Morgan fingerprint density at radius 3 is 2.07 bits per heavy atom. The second-order valence-corrected chi connectivity index (χ2v) is 2.84. The minimum atomic E-state index is -2.86. The Kier molecular flexibility index (Phi) is 3.71. The number of carbonyl (C=O) groups excluding carboxylic acids is 2. The number of esters is 2. The topological polar surface area (TPSA) is 52.6 Å². The summed E-state index contributed by atoms with van der Waals surface area (Å²) in [5.74, 6) is -2.22. The van der Waals surface area contributed by atoms with Crippen LogP contribution in [0.1, 0.15) is 31.2 Å². The van der Waals surface area contributed by atoms with E-state index in [4.69, 9.17) is 13.6 Å². The van der Waals surface area contributed by atoms with Gasteiger partial charge in [0.1, 0.15) is 0 Å². The van der Waals surface area contributed by atoms with E-state index in [1.165, 1.54) is 19.9 Å². The van der Waals surface area contributed by atoms with Crippen LogP contribution in [0.4, 0.5) is 0 Å². The first-order valence-electron chi connectivity index (χ1n) is 6.23. The fraction of sp³-hybridized carbons (Fsp3) is 0.636. The van der Waals surface area contributed by atoms with Crippen LogP contribution in [-0.2, 0) is 19.1 Å². The molecule has 4 heteroatoms. The van der Waals surface area contributed by atoms with Crippen molar-refractivity contribution in [2.45, 2.75) is 27.1 Å². The van der Waals surface area contributed by atoms with Crippen molar-refractivity contribution in [3.63, 3.8) is 0 Å². The molecule has 15 heavy (non-hydrogen) atoms. The summed E-state index contributed by atoms with van der Waals surface area (Å²) in [5, 5.41) is 0. The van der Waals surface area contributed by atoms with Crippen LogP contribution >= 0.6 is 0 Å². The molecule has 4 nitrogen and oxygen atoms in total. The lowest BCUT2D eigenvalue weighted by molar-refractivity contribution is -0.170. The molecule has 0 atom stereocenters. The number of hydrogen-bond acceptors (Lipinski definition) is 4. The van der Waals surface area contributed by atoms with Gasteiger partial charge in [-0.3, -0.25) is 9.59 Å². The van der Waals surface area contributed by atoms with Crippen LogP contribution in [0.25, 0.3) is 0 Å².